The van der Waals surface area contributed by atoms with E-state index in [-0.39, 0.29) is 18.3 Å². The molecule has 78 valence electrons. The van der Waals surface area contributed by atoms with Crippen molar-refractivity contribution in [2.75, 3.05) is 11.1 Å². The number of benzene rings is 1. The summed E-state index contributed by atoms with van der Waals surface area (Å²) in [5.41, 5.74) is 6.98. The Balaban J connectivity index is 0.00000169. The molecule has 0 heterocycles. The Kier molecular flexibility index (Phi) is 5.72. The lowest BCUT2D eigenvalue weighted by Gasteiger charge is -2.04. The van der Waals surface area contributed by atoms with Crippen molar-refractivity contribution in [1.82, 2.24) is 0 Å². The molecule has 1 amide bonds. The first-order chi connectivity index (χ1) is 6.22. The van der Waals surface area contributed by atoms with Gasteiger partial charge < -0.3 is 11.1 Å². The fraction of sp³-hybridized carbons (Fsp3) is 0.300. The van der Waals surface area contributed by atoms with E-state index in [4.69, 9.17) is 5.73 Å². The third kappa shape index (κ3) is 4.14. The van der Waals surface area contributed by atoms with Gasteiger partial charge in [-0.1, -0.05) is 13.0 Å². The second-order valence-corrected chi connectivity index (χ2v) is 2.92. The quantitative estimate of drug-likeness (QED) is 0.760. The third-order valence-electron chi connectivity index (χ3n) is 1.65. The van der Waals surface area contributed by atoms with Crippen LogP contribution in [0.25, 0.3) is 0 Å². The van der Waals surface area contributed by atoms with Crippen LogP contribution < -0.4 is 11.1 Å². The zero-order valence-electron chi connectivity index (χ0n) is 8.12. The Bertz CT molecular complexity index is 302. The van der Waals surface area contributed by atoms with Crippen LogP contribution in [0.3, 0.4) is 0 Å². The molecular weight excluding hydrogens is 200 g/mol. The highest BCUT2D eigenvalue weighted by atomic mass is 35.5. The Labute approximate surface area is 90.1 Å². The van der Waals surface area contributed by atoms with Gasteiger partial charge in [-0.25, -0.2) is 0 Å². The predicted molar refractivity (Wildman–Crippen MR) is 61.6 cm³/mol. The van der Waals surface area contributed by atoms with Gasteiger partial charge in [-0.2, -0.15) is 0 Å². The first-order valence-corrected chi connectivity index (χ1v) is 4.37. The maximum atomic E-state index is 11.2. The van der Waals surface area contributed by atoms with Crippen LogP contribution in [-0.4, -0.2) is 5.91 Å². The standard InChI is InChI=1S/C10H14N2O.ClH/c1-2-4-10(13)12-9-6-3-5-8(11)7-9;/h3,5-7H,2,4,11H2,1H3,(H,12,13);1H. The van der Waals surface area contributed by atoms with Crippen molar-refractivity contribution in [3.8, 4) is 0 Å². The van der Waals surface area contributed by atoms with Crippen molar-refractivity contribution in [2.24, 2.45) is 0 Å². The zero-order chi connectivity index (χ0) is 9.68. The Morgan fingerprint density at radius 2 is 2.21 bits per heavy atom. The van der Waals surface area contributed by atoms with E-state index >= 15 is 0 Å². The van der Waals surface area contributed by atoms with Gasteiger partial charge >= 0.3 is 0 Å². The Morgan fingerprint density at radius 3 is 2.79 bits per heavy atom. The molecule has 0 bridgehead atoms. The lowest BCUT2D eigenvalue weighted by Crippen LogP contribution is -2.10. The molecule has 0 aliphatic carbocycles. The van der Waals surface area contributed by atoms with Gasteiger partial charge in [0.15, 0.2) is 0 Å². The van der Waals surface area contributed by atoms with Gasteiger partial charge in [0.25, 0.3) is 0 Å². The summed E-state index contributed by atoms with van der Waals surface area (Å²) in [5.74, 6) is 0.0353. The largest absolute Gasteiger partial charge is 0.399 e. The number of hydrogen-bond acceptors (Lipinski definition) is 2. The van der Waals surface area contributed by atoms with Crippen LogP contribution >= 0.6 is 12.4 Å². The maximum absolute atomic E-state index is 11.2. The minimum absolute atomic E-state index is 0. The molecule has 1 aromatic carbocycles. The van der Waals surface area contributed by atoms with E-state index in [0.717, 1.165) is 12.1 Å². The highest BCUT2D eigenvalue weighted by molar-refractivity contribution is 5.91. The molecule has 4 heteroatoms. The average Bonchev–Trinajstić information content (AvgIpc) is 2.04. The second kappa shape index (κ2) is 6.27. The van der Waals surface area contributed by atoms with E-state index < -0.39 is 0 Å². The molecule has 0 unspecified atom stereocenters. The van der Waals surface area contributed by atoms with Gasteiger partial charge in [-0.15, -0.1) is 12.4 Å². The molecule has 0 saturated heterocycles. The number of nitrogens with one attached hydrogen (secondary N) is 1. The molecule has 3 nitrogen and oxygen atoms in total. The van der Waals surface area contributed by atoms with Crippen molar-refractivity contribution >= 4 is 29.7 Å². The fourth-order valence-electron chi connectivity index (χ4n) is 1.07. The summed E-state index contributed by atoms with van der Waals surface area (Å²) < 4.78 is 0. The summed E-state index contributed by atoms with van der Waals surface area (Å²) >= 11 is 0. The van der Waals surface area contributed by atoms with Crippen molar-refractivity contribution in [3.05, 3.63) is 24.3 Å². The predicted octanol–water partition coefficient (Wildman–Crippen LogP) is 2.43. The van der Waals surface area contributed by atoms with Crippen LogP contribution in [0.1, 0.15) is 19.8 Å². The monoisotopic (exact) mass is 214 g/mol. The first-order valence-electron chi connectivity index (χ1n) is 4.37. The lowest BCUT2D eigenvalue weighted by molar-refractivity contribution is -0.116. The lowest BCUT2D eigenvalue weighted by atomic mass is 10.2. The number of nitrogen functional groups attached to an aromatic ring is 1. The third-order valence-corrected chi connectivity index (χ3v) is 1.65. The fourth-order valence-corrected chi connectivity index (χ4v) is 1.07. The number of hydrogen-bond donors (Lipinski definition) is 2. The van der Waals surface area contributed by atoms with Gasteiger partial charge in [0.2, 0.25) is 5.91 Å². The number of halogens is 1. The average molecular weight is 215 g/mol. The molecule has 0 fully saturated rings. The molecule has 0 aromatic heterocycles. The molecule has 3 N–H and O–H groups in total. The number of anilines is 2. The maximum Gasteiger partial charge on any atom is 0.224 e. The number of carbonyl (C=O) groups is 1. The van der Waals surface area contributed by atoms with Crippen molar-refractivity contribution in [1.29, 1.82) is 0 Å². The van der Waals surface area contributed by atoms with E-state index in [1.807, 2.05) is 19.1 Å². The zero-order valence-corrected chi connectivity index (χ0v) is 8.93. The minimum Gasteiger partial charge on any atom is -0.399 e. The summed E-state index contributed by atoms with van der Waals surface area (Å²) in [4.78, 5) is 11.2. The summed E-state index contributed by atoms with van der Waals surface area (Å²) in [7, 11) is 0. The highest BCUT2D eigenvalue weighted by Gasteiger charge is 1.99. The van der Waals surface area contributed by atoms with Crippen LogP contribution in [0.5, 0.6) is 0 Å². The van der Waals surface area contributed by atoms with Crippen LogP contribution in [0.4, 0.5) is 11.4 Å². The molecule has 0 radical (unpaired) electrons. The van der Waals surface area contributed by atoms with Crippen LogP contribution in [-0.2, 0) is 4.79 Å². The minimum atomic E-state index is 0. The van der Waals surface area contributed by atoms with Gasteiger partial charge in [0.05, 0.1) is 0 Å². The van der Waals surface area contributed by atoms with E-state index in [1.165, 1.54) is 0 Å². The van der Waals surface area contributed by atoms with Crippen LogP contribution in [0.2, 0.25) is 0 Å². The smallest absolute Gasteiger partial charge is 0.224 e. The summed E-state index contributed by atoms with van der Waals surface area (Å²) in [6.07, 6.45) is 1.41. The van der Waals surface area contributed by atoms with E-state index in [0.29, 0.717) is 12.1 Å². The van der Waals surface area contributed by atoms with Gasteiger partial charge in [0.1, 0.15) is 0 Å². The number of nitrogens with two attached hydrogens (primary N) is 1. The molecule has 0 spiro atoms. The molecule has 0 saturated carbocycles. The van der Waals surface area contributed by atoms with Gasteiger partial charge in [0, 0.05) is 17.8 Å². The Hall–Kier alpha value is -1.22. The molecule has 0 aliphatic rings. The first kappa shape index (κ1) is 12.8. The second-order valence-electron chi connectivity index (χ2n) is 2.92. The molecule has 1 aromatic rings. The summed E-state index contributed by atoms with van der Waals surface area (Å²) in [5, 5.41) is 2.76. The molecule has 1 rings (SSSR count). The number of rotatable bonds is 3. The molecule has 14 heavy (non-hydrogen) atoms. The Morgan fingerprint density at radius 1 is 1.50 bits per heavy atom. The van der Waals surface area contributed by atoms with Gasteiger partial charge in [-0.3, -0.25) is 4.79 Å². The number of carbonyl (C=O) groups excluding carboxylic acids is 1. The van der Waals surface area contributed by atoms with E-state index in [1.54, 1.807) is 12.1 Å². The SMILES string of the molecule is CCCC(=O)Nc1cccc(N)c1.Cl. The van der Waals surface area contributed by atoms with Crippen molar-refractivity contribution < 1.29 is 4.79 Å². The van der Waals surface area contributed by atoms with Gasteiger partial charge in [-0.05, 0) is 24.6 Å². The summed E-state index contributed by atoms with van der Waals surface area (Å²) in [6, 6.07) is 7.17. The van der Waals surface area contributed by atoms with Crippen molar-refractivity contribution in [3.63, 3.8) is 0 Å². The van der Waals surface area contributed by atoms with Crippen LogP contribution in [0.15, 0.2) is 24.3 Å². The molecular formula is C10H15ClN2O. The summed E-state index contributed by atoms with van der Waals surface area (Å²) in [6.45, 7) is 1.97. The van der Waals surface area contributed by atoms with E-state index in [2.05, 4.69) is 5.32 Å². The molecule has 0 atom stereocenters. The van der Waals surface area contributed by atoms with Crippen molar-refractivity contribution in [2.45, 2.75) is 19.8 Å². The van der Waals surface area contributed by atoms with E-state index in [9.17, 15) is 4.79 Å². The number of amides is 1. The normalized spacial score (nSPS) is 8.93. The topological polar surface area (TPSA) is 55.1 Å². The molecule has 0 aliphatic heterocycles. The highest BCUT2D eigenvalue weighted by Crippen LogP contribution is 2.11. The van der Waals surface area contributed by atoms with Crippen LogP contribution in [0, 0.1) is 0 Å².